The van der Waals surface area contributed by atoms with Crippen LogP contribution in [0.2, 0.25) is 0 Å². The van der Waals surface area contributed by atoms with E-state index in [9.17, 15) is 9.59 Å². The number of imide groups is 1. The number of halogens is 1. The molecule has 0 atom stereocenters. The zero-order valence-electron chi connectivity index (χ0n) is 7.95. The van der Waals surface area contributed by atoms with Gasteiger partial charge in [-0.3, -0.25) is 9.59 Å². The van der Waals surface area contributed by atoms with E-state index < -0.39 is 11.8 Å². The maximum Gasteiger partial charge on any atom is 0.270 e. The first-order chi connectivity index (χ1) is 6.13. The molecule has 6 heteroatoms. The number of rotatable bonds is 1. The third kappa shape index (κ3) is 3.10. The fourth-order valence-corrected chi connectivity index (χ4v) is 1.11. The molecule has 2 amide bonds. The van der Waals surface area contributed by atoms with E-state index in [0.717, 1.165) is 6.54 Å². The van der Waals surface area contributed by atoms with E-state index in [0.29, 0.717) is 23.5 Å². The van der Waals surface area contributed by atoms with Gasteiger partial charge in [0.25, 0.3) is 5.91 Å². The zero-order chi connectivity index (χ0) is 9.84. The average Bonchev–Trinajstić information content (AvgIpc) is 2.17. The summed E-state index contributed by atoms with van der Waals surface area (Å²) >= 11 is 0. The van der Waals surface area contributed by atoms with Crippen molar-refractivity contribution < 1.29 is 9.59 Å². The largest absolute Gasteiger partial charge is 0.313 e. The molecule has 14 heavy (non-hydrogen) atoms. The summed E-state index contributed by atoms with van der Waals surface area (Å²) in [6, 6.07) is 0. The van der Waals surface area contributed by atoms with Crippen LogP contribution >= 0.6 is 12.4 Å². The van der Waals surface area contributed by atoms with Gasteiger partial charge < -0.3 is 5.32 Å². The van der Waals surface area contributed by atoms with Gasteiger partial charge in [0, 0.05) is 19.0 Å². The molecule has 3 N–H and O–H groups in total. The van der Waals surface area contributed by atoms with Crippen LogP contribution in [-0.4, -0.2) is 29.9 Å². The minimum absolute atomic E-state index is 0. The average molecular weight is 220 g/mol. The normalized spacial score (nSPS) is 15.1. The minimum atomic E-state index is -0.440. The SMILES string of the molecule is CC(=O)N(N)C(=O)C1=CCNCC1.Cl. The molecule has 0 saturated carbocycles. The van der Waals surface area contributed by atoms with Gasteiger partial charge in [-0.2, -0.15) is 0 Å². The van der Waals surface area contributed by atoms with Crippen LogP contribution in [0.5, 0.6) is 0 Å². The number of nitrogens with zero attached hydrogens (tertiary/aromatic N) is 1. The summed E-state index contributed by atoms with van der Waals surface area (Å²) in [5, 5.41) is 3.71. The lowest BCUT2D eigenvalue weighted by Crippen LogP contribution is -2.43. The Morgan fingerprint density at radius 1 is 1.57 bits per heavy atom. The summed E-state index contributed by atoms with van der Waals surface area (Å²) in [7, 11) is 0. The summed E-state index contributed by atoms with van der Waals surface area (Å²) in [6.07, 6.45) is 2.38. The Balaban J connectivity index is 0.00000169. The first-order valence-corrected chi connectivity index (χ1v) is 4.12. The maximum absolute atomic E-state index is 11.4. The molecule has 0 bridgehead atoms. The first kappa shape index (κ1) is 13.1. The van der Waals surface area contributed by atoms with Crippen molar-refractivity contribution in [1.29, 1.82) is 0 Å². The highest BCUT2D eigenvalue weighted by atomic mass is 35.5. The smallest absolute Gasteiger partial charge is 0.270 e. The molecule has 5 nitrogen and oxygen atoms in total. The molecule has 0 aliphatic carbocycles. The van der Waals surface area contributed by atoms with Crippen LogP contribution in [0.1, 0.15) is 13.3 Å². The summed E-state index contributed by atoms with van der Waals surface area (Å²) in [6.45, 7) is 2.68. The summed E-state index contributed by atoms with van der Waals surface area (Å²) in [5.74, 6) is 4.43. The van der Waals surface area contributed by atoms with Gasteiger partial charge in [0.15, 0.2) is 0 Å². The standard InChI is InChI=1S/C8H13N3O2.ClH/c1-6(12)11(9)8(13)7-2-4-10-5-3-7;/h2,10H,3-5,9H2,1H3;1H. The first-order valence-electron chi connectivity index (χ1n) is 4.12. The van der Waals surface area contributed by atoms with Crippen LogP contribution in [0.4, 0.5) is 0 Å². The van der Waals surface area contributed by atoms with Crippen LogP contribution < -0.4 is 11.2 Å². The number of carbonyl (C=O) groups is 2. The highest BCUT2D eigenvalue weighted by molar-refractivity contribution is 6.03. The van der Waals surface area contributed by atoms with Crippen molar-refractivity contribution in [2.45, 2.75) is 13.3 Å². The van der Waals surface area contributed by atoms with Crippen LogP contribution in [-0.2, 0) is 9.59 Å². The topological polar surface area (TPSA) is 75.4 Å². The molecule has 0 spiro atoms. The summed E-state index contributed by atoms with van der Waals surface area (Å²) in [4.78, 5) is 22.2. The van der Waals surface area contributed by atoms with Gasteiger partial charge in [-0.25, -0.2) is 10.9 Å². The number of hydrogen-bond donors (Lipinski definition) is 2. The van der Waals surface area contributed by atoms with E-state index >= 15 is 0 Å². The third-order valence-corrected chi connectivity index (χ3v) is 1.90. The van der Waals surface area contributed by atoms with E-state index in [1.54, 1.807) is 6.08 Å². The van der Waals surface area contributed by atoms with E-state index in [4.69, 9.17) is 5.84 Å². The molecule has 0 aromatic heterocycles. The van der Waals surface area contributed by atoms with Crippen LogP contribution in [0, 0.1) is 0 Å². The van der Waals surface area contributed by atoms with Crippen molar-refractivity contribution >= 4 is 24.2 Å². The van der Waals surface area contributed by atoms with E-state index in [1.807, 2.05) is 0 Å². The Kier molecular flexibility index (Phi) is 5.37. The number of nitrogens with two attached hydrogens (primary N) is 1. The van der Waals surface area contributed by atoms with Gasteiger partial charge in [-0.1, -0.05) is 6.08 Å². The van der Waals surface area contributed by atoms with Crippen LogP contribution in [0.15, 0.2) is 11.6 Å². The molecule has 0 aromatic rings. The third-order valence-electron chi connectivity index (χ3n) is 1.90. The van der Waals surface area contributed by atoms with Crippen LogP contribution in [0.3, 0.4) is 0 Å². The predicted molar refractivity (Wildman–Crippen MR) is 54.5 cm³/mol. The Labute approximate surface area is 88.7 Å². The lowest BCUT2D eigenvalue weighted by Gasteiger charge is -2.17. The molecule has 1 aliphatic rings. The molecular weight excluding hydrogens is 206 g/mol. The highest BCUT2D eigenvalue weighted by Gasteiger charge is 2.19. The van der Waals surface area contributed by atoms with Crippen molar-refractivity contribution in [2.24, 2.45) is 5.84 Å². The maximum atomic E-state index is 11.4. The molecule has 1 heterocycles. The molecule has 1 aliphatic heterocycles. The second kappa shape index (κ2) is 5.74. The second-order valence-electron chi connectivity index (χ2n) is 2.88. The molecule has 0 saturated heterocycles. The second-order valence-corrected chi connectivity index (χ2v) is 2.88. The highest BCUT2D eigenvalue weighted by Crippen LogP contribution is 2.06. The molecule has 0 fully saturated rings. The van der Waals surface area contributed by atoms with Gasteiger partial charge in [0.05, 0.1) is 0 Å². The van der Waals surface area contributed by atoms with Gasteiger partial charge in [0.1, 0.15) is 0 Å². The van der Waals surface area contributed by atoms with Crippen molar-refractivity contribution in [3.63, 3.8) is 0 Å². The molecule has 0 aromatic carbocycles. The van der Waals surface area contributed by atoms with Gasteiger partial charge in [-0.15, -0.1) is 12.4 Å². The number of amides is 2. The Morgan fingerprint density at radius 2 is 2.21 bits per heavy atom. The van der Waals surface area contributed by atoms with Gasteiger partial charge in [-0.05, 0) is 13.0 Å². The Morgan fingerprint density at radius 3 is 2.64 bits per heavy atom. The lowest BCUT2D eigenvalue weighted by molar-refractivity contribution is -0.141. The number of hydrogen-bond acceptors (Lipinski definition) is 4. The number of carbonyl (C=O) groups excluding carboxylic acids is 2. The fourth-order valence-electron chi connectivity index (χ4n) is 1.11. The minimum Gasteiger partial charge on any atom is -0.313 e. The van der Waals surface area contributed by atoms with E-state index in [-0.39, 0.29) is 12.4 Å². The molecular formula is C8H14ClN3O2. The summed E-state index contributed by atoms with van der Waals surface area (Å²) in [5.41, 5.74) is 0.608. The number of hydrazine groups is 1. The van der Waals surface area contributed by atoms with Crippen molar-refractivity contribution in [1.82, 2.24) is 10.3 Å². The zero-order valence-corrected chi connectivity index (χ0v) is 8.76. The quantitative estimate of drug-likeness (QED) is 0.357. The summed E-state index contributed by atoms with van der Waals surface area (Å²) < 4.78 is 0. The molecule has 0 radical (unpaired) electrons. The lowest BCUT2D eigenvalue weighted by atomic mass is 10.1. The van der Waals surface area contributed by atoms with Crippen molar-refractivity contribution in [2.75, 3.05) is 13.1 Å². The predicted octanol–water partition coefficient (Wildman–Crippen LogP) is -0.423. The van der Waals surface area contributed by atoms with Gasteiger partial charge in [0.2, 0.25) is 5.91 Å². The van der Waals surface area contributed by atoms with Gasteiger partial charge >= 0.3 is 0 Å². The molecule has 0 unspecified atom stereocenters. The van der Waals surface area contributed by atoms with E-state index in [2.05, 4.69) is 5.32 Å². The number of nitrogens with one attached hydrogen (secondary N) is 1. The monoisotopic (exact) mass is 219 g/mol. The van der Waals surface area contributed by atoms with Crippen molar-refractivity contribution in [3.8, 4) is 0 Å². The Hall–Kier alpha value is -0.910. The molecule has 80 valence electrons. The fraction of sp³-hybridized carbons (Fsp3) is 0.500. The van der Waals surface area contributed by atoms with Crippen molar-refractivity contribution in [3.05, 3.63) is 11.6 Å². The molecule has 1 rings (SSSR count). The van der Waals surface area contributed by atoms with E-state index in [1.165, 1.54) is 6.92 Å². The Bertz CT molecular complexity index is 265. The van der Waals surface area contributed by atoms with Crippen LogP contribution in [0.25, 0.3) is 0 Å².